The zero-order valence-electron chi connectivity index (χ0n) is 73.8. The minimum Gasteiger partial charge on any atom is -0.493 e. The lowest BCUT2D eigenvalue weighted by molar-refractivity contribution is -0.120. The molecule has 0 unspecified atom stereocenters. The predicted octanol–water partition coefficient (Wildman–Crippen LogP) is 13.4. The first kappa shape index (κ1) is 87.2. The van der Waals surface area contributed by atoms with E-state index in [4.69, 9.17) is 68.8 Å². The lowest BCUT2D eigenvalue weighted by Gasteiger charge is -2.20. The summed E-state index contributed by atoms with van der Waals surface area (Å²) in [4.78, 5) is 74.7. The van der Waals surface area contributed by atoms with Crippen LogP contribution in [0.2, 0.25) is 0 Å². The van der Waals surface area contributed by atoms with Gasteiger partial charge in [0.25, 0.3) is 0 Å². The van der Waals surface area contributed by atoms with Gasteiger partial charge in [-0.2, -0.15) is 20.4 Å². The van der Waals surface area contributed by atoms with Gasteiger partial charge in [-0.3, -0.25) is 19.2 Å². The molecule has 8 aromatic heterocycles. The van der Waals surface area contributed by atoms with E-state index in [1.165, 1.54) is 5.56 Å². The third-order valence-electron chi connectivity index (χ3n) is 22.6. The van der Waals surface area contributed by atoms with Gasteiger partial charge >= 0.3 is 0 Å². The number of imidazole rings is 4. The van der Waals surface area contributed by atoms with Crippen LogP contribution in [0, 0.1) is 48.5 Å². The molecule has 31 heteroatoms. The molecule has 4 fully saturated rings. The van der Waals surface area contributed by atoms with E-state index < -0.39 is 0 Å². The summed E-state index contributed by atoms with van der Waals surface area (Å²) in [5.74, 6) is 4.96. The van der Waals surface area contributed by atoms with Crippen LogP contribution >= 0.6 is 11.8 Å². The molecule has 648 valence electrons. The third kappa shape index (κ3) is 18.9. The molecule has 17 rings (SSSR count). The lowest BCUT2D eigenvalue weighted by atomic mass is 10.1. The first-order valence-corrected chi connectivity index (χ1v) is 42.8. The van der Waals surface area contributed by atoms with Crippen molar-refractivity contribution >= 4 is 80.7 Å². The molecule has 4 saturated heterocycles. The van der Waals surface area contributed by atoms with E-state index in [0.717, 1.165) is 225 Å². The molecule has 0 aliphatic carbocycles. The van der Waals surface area contributed by atoms with Crippen molar-refractivity contribution in [3.05, 3.63) is 173 Å². The summed E-state index contributed by atoms with van der Waals surface area (Å²) in [5, 5.41) is 32.5. The molecule has 4 atom stereocenters. The summed E-state index contributed by atoms with van der Waals surface area (Å²) in [5.41, 5.74) is 23.8. The fraction of sp³-hybridized carbons (Fsp3) is 0.376. The number of benzene rings is 5. The molecule has 5 aromatic carbocycles. The number of carbonyl (C=O) groups is 4. The van der Waals surface area contributed by atoms with Crippen molar-refractivity contribution < 1.29 is 47.6 Å². The molecule has 13 aromatic rings. The van der Waals surface area contributed by atoms with Gasteiger partial charge in [-0.15, -0.1) is 11.8 Å². The van der Waals surface area contributed by atoms with Crippen LogP contribution in [0.15, 0.2) is 138 Å². The van der Waals surface area contributed by atoms with E-state index in [2.05, 4.69) is 115 Å². The smallest absolute Gasteiger partial charge is 0.217 e. The molecular weight excluding hydrogens is 1590 g/mol. The average Bonchev–Trinajstić information content (AvgIpc) is 1.62. The number of nitrogens with zero attached hydrogens (tertiary/aromatic N) is 16. The van der Waals surface area contributed by atoms with Gasteiger partial charge in [0.2, 0.25) is 23.6 Å². The highest BCUT2D eigenvalue weighted by Crippen LogP contribution is 2.42. The molecule has 0 saturated carbocycles. The van der Waals surface area contributed by atoms with Crippen LogP contribution in [0.3, 0.4) is 0 Å². The van der Waals surface area contributed by atoms with Crippen molar-refractivity contribution in [1.82, 2.24) is 79.7 Å². The number of aryl methyl sites for hydroxylation is 7. The number of carbonyl (C=O) groups excluding carboxylic acids is 4. The van der Waals surface area contributed by atoms with Crippen LogP contribution in [-0.2, 0) is 19.2 Å². The Kier molecular flexibility index (Phi) is 26.8. The second kappa shape index (κ2) is 38.1. The standard InChI is InChI=1S/C27H29N5O3.C23H29N5O3S.C22H27N5O3.C21H25N5O/c1-17-26(20-10-11-24(34-3)25(14-20)35-4)32-27(28-17)23(31-13-12-21(16-31)29-18(2)33)15-22(30-32)19-8-6-5-7-9-19;1-6-32-21-12-18(27-10-9-17(13-27)25-15(3)29)23-24-14(2)22(28(23)26-21)16-7-8-19(30-4)20(11-16)31-5;1-13-10-18(26-9-8-17(12-26)24-15(3)28)22-23-14(2)21(27(22)25-13)16-6-7-19(29-4)20(11-16)30-5;1-13-5-7-17(8-6-13)20-15(3)22-21-19(11-14(2)24-26(20)21)25-10-9-18(12-25)23-16(4)27/h5-11,14-15,21H,12-13,16H2,1-4H3,(H,29,33);7-8,11-12,17H,6,9-10,13H2,1-5H3,(H,25,29);6-7,10-11,17H,8-9,12H2,1-5H3,(H,24,28);5-8,11,18H,9-10,12H2,1-4H3,(H,23,27)/t21-;2*17-;18-/m1111/s1. The second-order valence-corrected chi connectivity index (χ2v) is 32.9. The Labute approximate surface area is 726 Å². The van der Waals surface area contributed by atoms with Crippen LogP contribution in [-0.4, -0.2) is 207 Å². The topological polar surface area (TPSA) is 306 Å². The van der Waals surface area contributed by atoms with Gasteiger partial charge in [0.05, 0.1) is 128 Å². The quantitative estimate of drug-likeness (QED) is 0.0486. The SMILES string of the molecule is CC(=O)N[C@@H]1CCN(c2cc(C)nn3c(-c4ccc(C)cc4)c(C)nc23)C1.CCSc1cc(N2CC[C@@H](NC(C)=O)C2)c2nc(C)c(-c3ccc(OC)c(OC)c3)n2n1.COc1ccc(-c2c(C)nc3c(N4CC[C@@H](NC(C)=O)C4)cc(-c4ccccc4)nn23)cc1OC.COc1ccc(-c2c(C)nc3c(N4CC[C@@H](NC(C)=O)C4)cc(C)nn23)cc1OC. The summed E-state index contributed by atoms with van der Waals surface area (Å²) in [6, 6.07) is 45.1. The Morgan fingerprint density at radius 3 is 0.992 bits per heavy atom. The Hall–Kier alpha value is -13.2. The zero-order valence-corrected chi connectivity index (χ0v) is 74.7. The van der Waals surface area contributed by atoms with Crippen LogP contribution in [0.5, 0.6) is 34.5 Å². The first-order valence-electron chi connectivity index (χ1n) is 41.8. The van der Waals surface area contributed by atoms with Gasteiger partial charge in [-0.25, -0.2) is 38.0 Å². The molecule has 0 spiro atoms. The number of fused-ring (bicyclic) bond motifs is 4. The summed E-state index contributed by atoms with van der Waals surface area (Å²) >= 11 is 1.70. The zero-order chi connectivity index (χ0) is 87.9. The molecule has 0 bridgehead atoms. The van der Waals surface area contributed by atoms with Crippen molar-refractivity contribution in [2.75, 3.05) is 120 Å². The number of hydrogen-bond acceptors (Lipinski definition) is 23. The summed E-state index contributed by atoms with van der Waals surface area (Å²) in [6.45, 7) is 29.0. The van der Waals surface area contributed by atoms with E-state index in [9.17, 15) is 19.2 Å². The van der Waals surface area contributed by atoms with Gasteiger partial charge in [0.1, 0.15) is 5.03 Å². The molecule has 0 radical (unpaired) electrons. The predicted molar refractivity (Wildman–Crippen MR) is 486 cm³/mol. The molecule has 30 nitrogen and oxygen atoms in total. The van der Waals surface area contributed by atoms with E-state index >= 15 is 0 Å². The Morgan fingerprint density at radius 2 is 0.661 bits per heavy atom. The van der Waals surface area contributed by atoms with E-state index in [1.807, 2.05) is 132 Å². The van der Waals surface area contributed by atoms with Crippen molar-refractivity contribution in [1.29, 1.82) is 0 Å². The van der Waals surface area contributed by atoms with Crippen LogP contribution in [0.4, 0.5) is 22.7 Å². The second-order valence-electron chi connectivity index (χ2n) is 31.7. The minimum atomic E-state index is -0.00547. The normalized spacial score (nSPS) is 16.0. The van der Waals surface area contributed by atoms with Crippen LogP contribution in [0.25, 0.3) is 78.9 Å². The number of hydrogen-bond donors (Lipinski definition) is 4. The summed E-state index contributed by atoms with van der Waals surface area (Å²) in [7, 11) is 9.77. The first-order chi connectivity index (χ1) is 59.7. The van der Waals surface area contributed by atoms with Crippen molar-refractivity contribution in [2.24, 2.45) is 0 Å². The fourth-order valence-electron chi connectivity index (χ4n) is 17.1. The number of aromatic nitrogens is 12. The maximum absolute atomic E-state index is 11.6. The maximum atomic E-state index is 11.6. The maximum Gasteiger partial charge on any atom is 0.217 e. The summed E-state index contributed by atoms with van der Waals surface area (Å²) in [6.07, 6.45) is 3.65. The average molecular weight is 1700 g/mol. The van der Waals surface area contributed by atoms with Gasteiger partial charge in [0.15, 0.2) is 57.1 Å². The molecule has 4 aliphatic heterocycles. The third-order valence-corrected chi connectivity index (χ3v) is 23.4. The number of thioether (sulfide) groups is 1. The number of amides is 4. The molecule has 124 heavy (non-hydrogen) atoms. The minimum absolute atomic E-state index is 0.00491. The monoisotopic (exact) mass is 1700 g/mol. The number of anilines is 4. The van der Waals surface area contributed by atoms with E-state index in [1.54, 1.807) is 82.1 Å². The number of nitrogens with one attached hydrogen (secondary N) is 4. The Morgan fingerprint density at radius 1 is 0.355 bits per heavy atom. The van der Waals surface area contributed by atoms with Crippen LogP contribution in [0.1, 0.15) is 100 Å². The van der Waals surface area contributed by atoms with Crippen LogP contribution < -0.4 is 69.3 Å². The van der Waals surface area contributed by atoms with Crippen molar-refractivity contribution in [3.63, 3.8) is 0 Å². The molecule has 4 amide bonds. The number of methoxy groups -OCH3 is 6. The highest BCUT2D eigenvalue weighted by atomic mass is 32.2. The van der Waals surface area contributed by atoms with E-state index in [0.29, 0.717) is 34.5 Å². The molecular formula is C93H110N20O10S. The molecule has 12 heterocycles. The van der Waals surface area contributed by atoms with Crippen molar-refractivity contribution in [3.8, 4) is 90.8 Å². The summed E-state index contributed by atoms with van der Waals surface area (Å²) < 4.78 is 40.5. The van der Waals surface area contributed by atoms with Gasteiger partial charge in [-0.1, -0.05) is 67.1 Å². The highest BCUT2D eigenvalue weighted by molar-refractivity contribution is 7.99. The number of rotatable bonds is 21. The Bertz CT molecular complexity index is 6110. The molecule has 4 N–H and O–H groups in total. The number of ether oxygens (including phenoxy) is 6. The Balaban J connectivity index is 0.000000135. The molecule has 4 aliphatic rings. The van der Waals surface area contributed by atoms with Gasteiger partial charge in [-0.05, 0) is 159 Å². The largest absolute Gasteiger partial charge is 0.493 e. The van der Waals surface area contributed by atoms with Gasteiger partial charge < -0.3 is 69.3 Å². The fourth-order valence-corrected chi connectivity index (χ4v) is 17.7. The van der Waals surface area contributed by atoms with Gasteiger partial charge in [0, 0.05) is 132 Å². The van der Waals surface area contributed by atoms with Crippen molar-refractivity contribution in [2.45, 2.75) is 138 Å². The lowest BCUT2D eigenvalue weighted by Crippen LogP contribution is -2.35. The van der Waals surface area contributed by atoms with E-state index in [-0.39, 0.29) is 47.8 Å². The highest BCUT2D eigenvalue weighted by Gasteiger charge is 2.33.